The van der Waals surface area contributed by atoms with Crippen LogP contribution in [0.1, 0.15) is 11.3 Å². The summed E-state index contributed by atoms with van der Waals surface area (Å²) < 4.78 is 1.55. The number of para-hydroxylation sites is 1. The van der Waals surface area contributed by atoms with Crippen molar-refractivity contribution in [2.75, 3.05) is 5.84 Å². The molecule has 0 bridgehead atoms. The predicted octanol–water partition coefficient (Wildman–Crippen LogP) is 4.96. The molecule has 0 atom stereocenters. The number of benzene rings is 3. The quantitative estimate of drug-likeness (QED) is 0.264. The molecule has 0 radical (unpaired) electrons. The summed E-state index contributed by atoms with van der Waals surface area (Å²) in [5.74, 6) is 7.61. The molecule has 0 amide bonds. The standard InChI is InChI=1S/C23H19N5S/c1-15-10-12-16(13-11-15)22-26-27-23(28(22)24)29-14-21-19-8-3-2-6-17(19)18-7-4-5-9-20(18)25-21/h2-13H,14,24H2,1H3. The lowest BCUT2D eigenvalue weighted by atomic mass is 10.0. The number of aryl methyl sites for hydroxylation is 1. The third-order valence-electron chi connectivity index (χ3n) is 5.00. The summed E-state index contributed by atoms with van der Waals surface area (Å²) in [6.45, 7) is 2.05. The Hall–Kier alpha value is -3.38. The monoisotopic (exact) mass is 397 g/mol. The number of nitrogens with zero attached hydrogens (tertiary/aromatic N) is 4. The number of fused-ring (bicyclic) bond motifs is 3. The van der Waals surface area contributed by atoms with E-state index >= 15 is 0 Å². The van der Waals surface area contributed by atoms with Gasteiger partial charge in [0.25, 0.3) is 0 Å². The van der Waals surface area contributed by atoms with Crippen molar-refractivity contribution in [1.82, 2.24) is 19.9 Å². The van der Waals surface area contributed by atoms with E-state index in [2.05, 4.69) is 47.5 Å². The van der Waals surface area contributed by atoms with Gasteiger partial charge >= 0.3 is 0 Å². The number of hydrogen-bond donors (Lipinski definition) is 1. The van der Waals surface area contributed by atoms with Crippen molar-refractivity contribution >= 4 is 33.4 Å². The lowest BCUT2D eigenvalue weighted by Gasteiger charge is -2.09. The van der Waals surface area contributed by atoms with Crippen LogP contribution < -0.4 is 5.84 Å². The second-order valence-corrected chi connectivity index (χ2v) is 7.89. The van der Waals surface area contributed by atoms with Crippen LogP contribution in [0.3, 0.4) is 0 Å². The van der Waals surface area contributed by atoms with Crippen LogP contribution in [0.4, 0.5) is 0 Å². The average Bonchev–Trinajstić information content (AvgIpc) is 3.13. The molecule has 5 aromatic rings. The van der Waals surface area contributed by atoms with Crippen LogP contribution in [-0.4, -0.2) is 19.9 Å². The maximum absolute atomic E-state index is 6.29. The summed E-state index contributed by atoms with van der Waals surface area (Å²) >= 11 is 1.54. The number of hydrogen-bond acceptors (Lipinski definition) is 5. The van der Waals surface area contributed by atoms with E-state index in [9.17, 15) is 0 Å². The Morgan fingerprint density at radius 1 is 0.828 bits per heavy atom. The third kappa shape index (κ3) is 3.21. The van der Waals surface area contributed by atoms with Gasteiger partial charge in [-0.25, -0.2) is 4.68 Å². The smallest absolute Gasteiger partial charge is 0.210 e. The first-order valence-electron chi connectivity index (χ1n) is 9.37. The number of aromatic nitrogens is 4. The summed E-state index contributed by atoms with van der Waals surface area (Å²) in [6, 6.07) is 24.7. The number of pyridine rings is 1. The molecule has 0 unspecified atom stereocenters. The van der Waals surface area contributed by atoms with Crippen molar-refractivity contribution in [2.45, 2.75) is 17.8 Å². The first-order chi connectivity index (χ1) is 14.2. The Kier molecular flexibility index (Phi) is 4.41. The van der Waals surface area contributed by atoms with Gasteiger partial charge in [0.1, 0.15) is 0 Å². The van der Waals surface area contributed by atoms with Gasteiger partial charge in [-0.15, -0.1) is 10.2 Å². The van der Waals surface area contributed by atoms with Gasteiger partial charge in [0.15, 0.2) is 5.82 Å². The van der Waals surface area contributed by atoms with Gasteiger partial charge in [0.2, 0.25) is 5.16 Å². The molecular weight excluding hydrogens is 378 g/mol. The van der Waals surface area contributed by atoms with Crippen LogP contribution in [0.15, 0.2) is 78.0 Å². The molecule has 0 saturated carbocycles. The number of nitrogens with two attached hydrogens (primary N) is 1. The van der Waals surface area contributed by atoms with Crippen molar-refractivity contribution in [2.24, 2.45) is 0 Å². The highest BCUT2D eigenvalue weighted by Gasteiger charge is 2.14. The summed E-state index contributed by atoms with van der Waals surface area (Å²) in [4.78, 5) is 4.90. The summed E-state index contributed by atoms with van der Waals surface area (Å²) in [7, 11) is 0. The third-order valence-corrected chi connectivity index (χ3v) is 5.95. The lowest BCUT2D eigenvalue weighted by molar-refractivity contribution is 0.849. The molecule has 0 aliphatic heterocycles. The lowest BCUT2D eigenvalue weighted by Crippen LogP contribution is -2.11. The van der Waals surface area contributed by atoms with Gasteiger partial charge in [-0.3, -0.25) is 4.98 Å². The van der Waals surface area contributed by atoms with E-state index in [-0.39, 0.29) is 0 Å². The van der Waals surface area contributed by atoms with Gasteiger partial charge in [-0.1, -0.05) is 84.1 Å². The van der Waals surface area contributed by atoms with Crippen molar-refractivity contribution in [3.63, 3.8) is 0 Å². The molecule has 29 heavy (non-hydrogen) atoms. The molecule has 2 N–H and O–H groups in total. The normalized spacial score (nSPS) is 11.3. The van der Waals surface area contributed by atoms with Gasteiger partial charge in [-0.2, -0.15) is 0 Å². The van der Waals surface area contributed by atoms with Crippen LogP contribution >= 0.6 is 11.8 Å². The molecule has 2 heterocycles. The number of rotatable bonds is 4. The summed E-state index contributed by atoms with van der Waals surface area (Å²) in [6.07, 6.45) is 0. The van der Waals surface area contributed by atoms with E-state index in [0.29, 0.717) is 16.7 Å². The fourth-order valence-electron chi connectivity index (χ4n) is 3.49. The molecule has 3 aromatic carbocycles. The van der Waals surface area contributed by atoms with Crippen molar-refractivity contribution in [3.8, 4) is 11.4 Å². The first kappa shape index (κ1) is 17.7. The molecule has 0 aliphatic carbocycles. The predicted molar refractivity (Wildman–Crippen MR) is 119 cm³/mol. The molecule has 2 aromatic heterocycles. The molecule has 0 aliphatic rings. The fraction of sp³-hybridized carbons (Fsp3) is 0.0870. The van der Waals surface area contributed by atoms with Gasteiger partial charge in [0.05, 0.1) is 11.2 Å². The maximum atomic E-state index is 6.29. The van der Waals surface area contributed by atoms with E-state index < -0.39 is 0 Å². The Bertz CT molecular complexity index is 1320. The molecule has 0 fully saturated rings. The zero-order valence-electron chi connectivity index (χ0n) is 15.9. The second-order valence-electron chi connectivity index (χ2n) is 6.95. The van der Waals surface area contributed by atoms with Crippen LogP contribution in [0.5, 0.6) is 0 Å². The summed E-state index contributed by atoms with van der Waals surface area (Å²) in [5.41, 5.74) is 4.16. The highest BCUT2D eigenvalue weighted by Crippen LogP contribution is 2.30. The Morgan fingerprint density at radius 2 is 1.52 bits per heavy atom. The van der Waals surface area contributed by atoms with Crippen LogP contribution in [0.2, 0.25) is 0 Å². The van der Waals surface area contributed by atoms with Crippen molar-refractivity contribution in [1.29, 1.82) is 0 Å². The summed E-state index contributed by atoms with van der Waals surface area (Å²) in [5, 5.41) is 12.8. The van der Waals surface area contributed by atoms with E-state index in [0.717, 1.165) is 22.2 Å². The van der Waals surface area contributed by atoms with Crippen molar-refractivity contribution < 1.29 is 0 Å². The van der Waals surface area contributed by atoms with Gasteiger partial charge < -0.3 is 5.84 Å². The zero-order chi connectivity index (χ0) is 19.8. The Labute approximate surface area is 172 Å². The second kappa shape index (κ2) is 7.22. The van der Waals surface area contributed by atoms with E-state index in [1.54, 1.807) is 16.4 Å². The van der Waals surface area contributed by atoms with Crippen LogP contribution in [0.25, 0.3) is 33.1 Å². The maximum Gasteiger partial charge on any atom is 0.210 e. The number of nitrogen functional groups attached to an aromatic ring is 1. The molecule has 6 heteroatoms. The van der Waals surface area contributed by atoms with Gasteiger partial charge in [-0.05, 0) is 18.4 Å². The molecule has 0 spiro atoms. The topological polar surface area (TPSA) is 69.6 Å². The Balaban J connectivity index is 1.49. The molecule has 0 saturated heterocycles. The van der Waals surface area contributed by atoms with Crippen molar-refractivity contribution in [3.05, 3.63) is 84.1 Å². The largest absolute Gasteiger partial charge is 0.335 e. The van der Waals surface area contributed by atoms with E-state index in [1.165, 1.54) is 16.3 Å². The van der Waals surface area contributed by atoms with Gasteiger partial charge in [0, 0.05) is 22.1 Å². The number of thioether (sulfide) groups is 1. The van der Waals surface area contributed by atoms with Crippen LogP contribution in [0, 0.1) is 6.92 Å². The fourth-order valence-corrected chi connectivity index (χ4v) is 4.30. The highest BCUT2D eigenvalue weighted by molar-refractivity contribution is 7.98. The van der Waals surface area contributed by atoms with E-state index in [1.807, 2.05) is 42.5 Å². The Morgan fingerprint density at radius 3 is 2.31 bits per heavy atom. The molecule has 5 nitrogen and oxygen atoms in total. The average molecular weight is 398 g/mol. The minimum absolute atomic E-state index is 0.656. The molecule has 142 valence electrons. The zero-order valence-corrected chi connectivity index (χ0v) is 16.7. The molecular formula is C23H19N5S. The highest BCUT2D eigenvalue weighted by atomic mass is 32.2. The molecule has 5 rings (SSSR count). The van der Waals surface area contributed by atoms with E-state index in [4.69, 9.17) is 10.8 Å². The minimum Gasteiger partial charge on any atom is -0.335 e. The van der Waals surface area contributed by atoms with Crippen LogP contribution in [-0.2, 0) is 5.75 Å². The SMILES string of the molecule is Cc1ccc(-c2nnc(SCc3nc4ccccc4c4ccccc34)n2N)cc1. The minimum atomic E-state index is 0.656. The first-order valence-corrected chi connectivity index (χ1v) is 10.4.